The molecule has 0 atom stereocenters. The normalized spacial score (nSPS) is 10.6. The maximum absolute atomic E-state index is 11.9. The van der Waals surface area contributed by atoms with Gasteiger partial charge in [-0.25, -0.2) is 4.98 Å². The van der Waals surface area contributed by atoms with Gasteiger partial charge in [-0.15, -0.1) is 0 Å². The Morgan fingerprint density at radius 1 is 1.40 bits per heavy atom. The highest BCUT2D eigenvalue weighted by Crippen LogP contribution is 2.20. The van der Waals surface area contributed by atoms with Crippen LogP contribution in [0.5, 0.6) is 5.75 Å². The van der Waals surface area contributed by atoms with Crippen LogP contribution in [0.2, 0.25) is 0 Å². The summed E-state index contributed by atoms with van der Waals surface area (Å²) in [6.07, 6.45) is 0. The van der Waals surface area contributed by atoms with Crippen LogP contribution in [0, 0.1) is 6.92 Å². The second-order valence-corrected chi connectivity index (χ2v) is 3.38. The highest BCUT2D eigenvalue weighted by atomic mass is 16.5. The number of rotatable bonds is 1. The number of hydrogen-bond donors (Lipinski definition) is 0. The number of para-hydroxylation sites is 1. The highest BCUT2D eigenvalue weighted by molar-refractivity contribution is 5.83. The molecule has 15 heavy (non-hydrogen) atoms. The minimum atomic E-state index is -0.0450. The maximum atomic E-state index is 11.9. The van der Waals surface area contributed by atoms with Crippen molar-refractivity contribution in [1.82, 2.24) is 9.55 Å². The lowest BCUT2D eigenvalue weighted by Crippen LogP contribution is -2.20. The Bertz CT molecular complexity index is 573. The summed E-state index contributed by atoms with van der Waals surface area (Å²) < 4.78 is 6.70. The summed E-state index contributed by atoms with van der Waals surface area (Å²) >= 11 is 0. The second kappa shape index (κ2) is 3.38. The Hall–Kier alpha value is -1.84. The molecule has 0 amide bonds. The molecule has 0 spiro atoms. The standard InChI is InChI=1S/C11H12N2O2/c1-7-12-10-8(11(14)13(7)2)5-4-6-9(10)15-3/h4-6H,1-3H3. The first-order chi connectivity index (χ1) is 7.15. The van der Waals surface area contributed by atoms with Gasteiger partial charge in [-0.1, -0.05) is 6.07 Å². The van der Waals surface area contributed by atoms with Crippen molar-refractivity contribution in [2.24, 2.45) is 7.05 Å². The summed E-state index contributed by atoms with van der Waals surface area (Å²) in [5.74, 6) is 1.31. The topological polar surface area (TPSA) is 44.1 Å². The second-order valence-electron chi connectivity index (χ2n) is 3.38. The molecule has 0 saturated carbocycles. The maximum Gasteiger partial charge on any atom is 0.261 e. The number of hydrogen-bond acceptors (Lipinski definition) is 3. The van der Waals surface area contributed by atoms with Gasteiger partial charge < -0.3 is 4.74 Å². The Balaban J connectivity index is 2.98. The summed E-state index contributed by atoms with van der Waals surface area (Å²) in [7, 11) is 3.28. The van der Waals surface area contributed by atoms with Crippen LogP contribution in [-0.2, 0) is 7.05 Å². The molecule has 0 aliphatic carbocycles. The van der Waals surface area contributed by atoms with Crippen LogP contribution in [0.4, 0.5) is 0 Å². The summed E-state index contributed by atoms with van der Waals surface area (Å²) in [6.45, 7) is 1.80. The third-order valence-corrected chi connectivity index (χ3v) is 2.51. The van der Waals surface area contributed by atoms with E-state index in [2.05, 4.69) is 4.98 Å². The Labute approximate surface area is 87.1 Å². The predicted molar refractivity (Wildman–Crippen MR) is 58.3 cm³/mol. The molecular weight excluding hydrogens is 192 g/mol. The lowest BCUT2D eigenvalue weighted by molar-refractivity contribution is 0.418. The van der Waals surface area contributed by atoms with E-state index < -0.39 is 0 Å². The number of ether oxygens (including phenoxy) is 1. The molecule has 1 heterocycles. The molecule has 0 aliphatic heterocycles. The first kappa shape index (κ1) is 9.71. The van der Waals surface area contributed by atoms with Crippen molar-refractivity contribution in [3.05, 3.63) is 34.4 Å². The van der Waals surface area contributed by atoms with Crippen molar-refractivity contribution in [3.63, 3.8) is 0 Å². The van der Waals surface area contributed by atoms with E-state index in [1.807, 2.05) is 0 Å². The van der Waals surface area contributed by atoms with Crippen molar-refractivity contribution >= 4 is 10.9 Å². The molecule has 1 aromatic carbocycles. The third kappa shape index (κ3) is 1.38. The van der Waals surface area contributed by atoms with Crippen molar-refractivity contribution in [2.75, 3.05) is 7.11 Å². The average molecular weight is 204 g/mol. The molecule has 2 aromatic rings. The van der Waals surface area contributed by atoms with E-state index >= 15 is 0 Å². The lowest BCUT2D eigenvalue weighted by Gasteiger charge is -2.07. The van der Waals surface area contributed by atoms with E-state index in [-0.39, 0.29) is 5.56 Å². The largest absolute Gasteiger partial charge is 0.494 e. The smallest absolute Gasteiger partial charge is 0.261 e. The summed E-state index contributed by atoms with van der Waals surface area (Å²) in [5.41, 5.74) is 0.581. The summed E-state index contributed by atoms with van der Waals surface area (Å²) in [5, 5.41) is 0.586. The number of aromatic nitrogens is 2. The van der Waals surface area contributed by atoms with E-state index in [0.717, 1.165) is 0 Å². The van der Waals surface area contributed by atoms with Crippen molar-refractivity contribution in [3.8, 4) is 5.75 Å². The van der Waals surface area contributed by atoms with Crippen LogP contribution in [0.25, 0.3) is 10.9 Å². The Morgan fingerprint density at radius 2 is 2.13 bits per heavy atom. The quantitative estimate of drug-likeness (QED) is 0.702. The monoisotopic (exact) mass is 204 g/mol. The van der Waals surface area contributed by atoms with Crippen LogP contribution in [0.1, 0.15) is 5.82 Å². The molecule has 2 rings (SSSR count). The zero-order valence-corrected chi connectivity index (χ0v) is 8.94. The van der Waals surface area contributed by atoms with Crippen molar-refractivity contribution in [2.45, 2.75) is 6.92 Å². The first-order valence-electron chi connectivity index (χ1n) is 4.65. The number of nitrogens with zero attached hydrogens (tertiary/aromatic N) is 2. The number of methoxy groups -OCH3 is 1. The molecule has 0 aliphatic rings. The van der Waals surface area contributed by atoms with Crippen LogP contribution in [0.15, 0.2) is 23.0 Å². The number of benzene rings is 1. The fourth-order valence-corrected chi connectivity index (χ4v) is 1.54. The van der Waals surface area contributed by atoms with Gasteiger partial charge in [0.2, 0.25) is 0 Å². The molecular formula is C11H12N2O2. The predicted octanol–water partition coefficient (Wildman–Crippen LogP) is 1.25. The van der Waals surface area contributed by atoms with Crippen LogP contribution >= 0.6 is 0 Å². The van der Waals surface area contributed by atoms with E-state index in [1.165, 1.54) is 4.57 Å². The first-order valence-corrected chi connectivity index (χ1v) is 4.65. The van der Waals surface area contributed by atoms with Gasteiger partial charge >= 0.3 is 0 Å². The van der Waals surface area contributed by atoms with Gasteiger partial charge in [0.05, 0.1) is 12.5 Å². The molecule has 0 N–H and O–H groups in total. The zero-order chi connectivity index (χ0) is 11.0. The molecule has 0 radical (unpaired) electrons. The highest BCUT2D eigenvalue weighted by Gasteiger charge is 2.08. The van der Waals surface area contributed by atoms with Crippen LogP contribution in [0.3, 0.4) is 0 Å². The van der Waals surface area contributed by atoms with Gasteiger partial charge in [-0.3, -0.25) is 9.36 Å². The summed E-state index contributed by atoms with van der Waals surface area (Å²) in [4.78, 5) is 16.2. The fourth-order valence-electron chi connectivity index (χ4n) is 1.54. The minimum absolute atomic E-state index is 0.0450. The van der Waals surface area contributed by atoms with Crippen LogP contribution < -0.4 is 10.3 Å². The Kier molecular flexibility index (Phi) is 2.19. The van der Waals surface area contributed by atoms with Gasteiger partial charge in [0.15, 0.2) is 0 Å². The average Bonchev–Trinajstić information content (AvgIpc) is 2.25. The van der Waals surface area contributed by atoms with E-state index in [4.69, 9.17) is 4.74 Å². The zero-order valence-electron chi connectivity index (χ0n) is 8.94. The van der Waals surface area contributed by atoms with Gasteiger partial charge in [0.25, 0.3) is 5.56 Å². The fraction of sp³-hybridized carbons (Fsp3) is 0.273. The molecule has 1 aromatic heterocycles. The van der Waals surface area contributed by atoms with Crippen molar-refractivity contribution < 1.29 is 4.74 Å². The lowest BCUT2D eigenvalue weighted by atomic mass is 10.2. The molecule has 0 saturated heterocycles. The molecule has 0 unspecified atom stereocenters. The molecule has 4 nitrogen and oxygen atoms in total. The molecule has 0 fully saturated rings. The van der Waals surface area contributed by atoms with Gasteiger partial charge in [-0.05, 0) is 19.1 Å². The van der Waals surface area contributed by atoms with E-state index in [9.17, 15) is 4.79 Å². The van der Waals surface area contributed by atoms with Crippen molar-refractivity contribution in [1.29, 1.82) is 0 Å². The molecule has 4 heteroatoms. The van der Waals surface area contributed by atoms with Gasteiger partial charge in [0, 0.05) is 7.05 Å². The SMILES string of the molecule is COc1cccc2c(=O)n(C)c(C)nc12. The van der Waals surface area contributed by atoms with Gasteiger partial charge in [0.1, 0.15) is 17.1 Å². The van der Waals surface area contributed by atoms with Crippen LogP contribution in [-0.4, -0.2) is 16.7 Å². The Morgan fingerprint density at radius 3 is 2.80 bits per heavy atom. The van der Waals surface area contributed by atoms with Gasteiger partial charge in [-0.2, -0.15) is 0 Å². The minimum Gasteiger partial charge on any atom is -0.494 e. The molecule has 0 bridgehead atoms. The number of aryl methyl sites for hydroxylation is 1. The molecule has 78 valence electrons. The van der Waals surface area contributed by atoms with E-state index in [0.29, 0.717) is 22.5 Å². The van der Waals surface area contributed by atoms with E-state index in [1.54, 1.807) is 39.3 Å². The third-order valence-electron chi connectivity index (χ3n) is 2.51. The number of fused-ring (bicyclic) bond motifs is 1. The summed E-state index contributed by atoms with van der Waals surface area (Å²) in [6, 6.07) is 5.35.